The van der Waals surface area contributed by atoms with E-state index in [2.05, 4.69) is 9.97 Å². The summed E-state index contributed by atoms with van der Waals surface area (Å²) in [6, 6.07) is 5.80. The Kier molecular flexibility index (Phi) is 5.01. The number of nitrogens with zero attached hydrogens (tertiary/aromatic N) is 2. The van der Waals surface area contributed by atoms with Crippen LogP contribution in [0.25, 0.3) is 0 Å². The van der Waals surface area contributed by atoms with Crippen molar-refractivity contribution in [3.05, 3.63) is 47.5 Å². The zero-order valence-electron chi connectivity index (χ0n) is 12.8. The standard InChI is InChI=1S/C17H16AsF3N3/c19-17(20,21)15-9-14(5-4-12(15)10-22)18-13-3-1-2-11(8-13)16-23-6-7-24-16/h4-7,9,11,13H,1-3,8H2,(H,23,24). The molecule has 1 saturated carbocycles. The van der Waals surface area contributed by atoms with E-state index in [1.807, 2.05) is 6.20 Å². The van der Waals surface area contributed by atoms with Gasteiger partial charge in [-0.2, -0.15) is 0 Å². The molecular formula is C17H16AsF3N3. The first-order valence-electron chi connectivity index (χ1n) is 7.79. The Morgan fingerprint density at radius 1 is 1.29 bits per heavy atom. The molecule has 2 atom stereocenters. The number of H-pyrrole nitrogens is 1. The minimum atomic E-state index is -4.48. The van der Waals surface area contributed by atoms with Gasteiger partial charge in [0.25, 0.3) is 0 Å². The fraction of sp³-hybridized carbons (Fsp3) is 0.412. The van der Waals surface area contributed by atoms with Crippen LogP contribution in [0.3, 0.4) is 0 Å². The third-order valence-corrected chi connectivity index (χ3v) is 7.27. The molecule has 1 aromatic carbocycles. The summed E-state index contributed by atoms with van der Waals surface area (Å²) in [6.07, 6.45) is 3.24. The van der Waals surface area contributed by atoms with Crippen molar-refractivity contribution >= 4 is 20.1 Å². The molecular weight excluding hydrogens is 378 g/mol. The molecule has 2 unspecified atom stereocenters. The topological polar surface area (TPSA) is 52.5 Å². The maximum absolute atomic E-state index is 13.1. The number of rotatable bonds is 3. The molecule has 1 aliphatic carbocycles. The van der Waals surface area contributed by atoms with Crippen molar-refractivity contribution in [1.82, 2.24) is 9.97 Å². The molecule has 24 heavy (non-hydrogen) atoms. The van der Waals surface area contributed by atoms with Crippen molar-refractivity contribution in [2.24, 2.45) is 0 Å². The quantitative estimate of drug-likeness (QED) is 0.806. The van der Waals surface area contributed by atoms with Crippen LogP contribution >= 0.6 is 0 Å². The first kappa shape index (κ1) is 17.1. The summed E-state index contributed by atoms with van der Waals surface area (Å²) < 4.78 is 40.4. The van der Waals surface area contributed by atoms with Crippen molar-refractivity contribution in [3.63, 3.8) is 0 Å². The molecule has 125 valence electrons. The second kappa shape index (κ2) is 7.02. The second-order valence-corrected chi connectivity index (χ2v) is 9.12. The van der Waals surface area contributed by atoms with Gasteiger partial charge in [-0.15, -0.1) is 0 Å². The molecule has 1 radical (unpaired) electrons. The molecule has 3 rings (SSSR count). The predicted molar refractivity (Wildman–Crippen MR) is 85.1 cm³/mol. The van der Waals surface area contributed by atoms with Gasteiger partial charge in [-0.1, -0.05) is 0 Å². The molecule has 0 bridgehead atoms. The first-order valence-corrected chi connectivity index (χ1v) is 9.81. The van der Waals surface area contributed by atoms with Crippen LogP contribution in [-0.4, -0.2) is 25.7 Å². The Bertz CT molecular complexity index is 735. The third-order valence-electron chi connectivity index (χ3n) is 4.31. The molecule has 0 amide bonds. The Hall–Kier alpha value is -1.73. The average molecular weight is 394 g/mol. The van der Waals surface area contributed by atoms with Gasteiger partial charge in [0, 0.05) is 0 Å². The molecule has 1 heterocycles. The molecule has 0 spiro atoms. The Morgan fingerprint density at radius 3 is 2.79 bits per heavy atom. The number of halogens is 3. The van der Waals surface area contributed by atoms with Gasteiger partial charge in [-0.05, 0) is 0 Å². The van der Waals surface area contributed by atoms with Crippen molar-refractivity contribution in [2.75, 3.05) is 0 Å². The van der Waals surface area contributed by atoms with Crippen molar-refractivity contribution < 1.29 is 13.2 Å². The van der Waals surface area contributed by atoms with Crippen molar-refractivity contribution in [3.8, 4) is 6.07 Å². The molecule has 7 heteroatoms. The SMILES string of the molecule is N#Cc1ccc([As]C2CCCC(c3ncc[nH]3)C2)cc1C(F)(F)F. The van der Waals surface area contributed by atoms with Crippen LogP contribution in [0.5, 0.6) is 0 Å². The Morgan fingerprint density at radius 2 is 2.12 bits per heavy atom. The summed E-state index contributed by atoms with van der Waals surface area (Å²) in [7, 11) is 0. The number of alkyl halides is 3. The molecule has 0 aliphatic heterocycles. The molecule has 1 fully saturated rings. The van der Waals surface area contributed by atoms with Gasteiger partial charge in [-0.25, -0.2) is 0 Å². The molecule has 1 aromatic heterocycles. The summed E-state index contributed by atoms with van der Waals surface area (Å²) in [5.41, 5.74) is -1.11. The minimum absolute atomic E-state index is 0.301. The molecule has 1 aliphatic rings. The Balaban J connectivity index is 1.75. The summed E-state index contributed by atoms with van der Waals surface area (Å²) in [5, 5.41) is 8.88. The summed E-state index contributed by atoms with van der Waals surface area (Å²) >= 11 is -0.365. The first-order chi connectivity index (χ1) is 11.5. The van der Waals surface area contributed by atoms with E-state index in [0.29, 0.717) is 10.6 Å². The molecule has 0 saturated heterocycles. The number of imidazole rings is 1. The molecule has 2 aromatic rings. The van der Waals surface area contributed by atoms with Gasteiger partial charge in [-0.3, -0.25) is 0 Å². The van der Waals surface area contributed by atoms with Gasteiger partial charge in [0.05, 0.1) is 0 Å². The summed E-state index contributed by atoms with van der Waals surface area (Å²) in [4.78, 5) is 7.47. The maximum atomic E-state index is 13.1. The van der Waals surface area contributed by atoms with E-state index < -0.39 is 11.7 Å². The van der Waals surface area contributed by atoms with E-state index in [4.69, 9.17) is 5.26 Å². The zero-order valence-corrected chi connectivity index (χ0v) is 14.7. The number of nitrogens with one attached hydrogen (secondary N) is 1. The van der Waals surface area contributed by atoms with Gasteiger partial charge in [0.15, 0.2) is 0 Å². The summed E-state index contributed by atoms with van der Waals surface area (Å²) in [6.45, 7) is 0. The average Bonchev–Trinajstić information content (AvgIpc) is 3.09. The zero-order chi connectivity index (χ0) is 17.2. The number of aromatic nitrogens is 2. The van der Waals surface area contributed by atoms with Crippen LogP contribution in [0, 0.1) is 11.3 Å². The van der Waals surface area contributed by atoms with Crippen molar-refractivity contribution in [1.29, 1.82) is 5.26 Å². The number of aromatic amines is 1. The number of hydrogen-bond donors (Lipinski definition) is 1. The van der Waals surface area contributed by atoms with Gasteiger partial charge in [0.2, 0.25) is 0 Å². The number of hydrogen-bond acceptors (Lipinski definition) is 2. The number of benzene rings is 1. The fourth-order valence-corrected chi connectivity index (χ4v) is 6.24. The van der Waals surface area contributed by atoms with Crippen LogP contribution in [0.1, 0.15) is 48.6 Å². The monoisotopic (exact) mass is 394 g/mol. The van der Waals surface area contributed by atoms with E-state index in [0.717, 1.165) is 35.9 Å². The third kappa shape index (κ3) is 3.84. The van der Waals surface area contributed by atoms with E-state index in [9.17, 15) is 13.2 Å². The second-order valence-electron chi connectivity index (χ2n) is 5.96. The van der Waals surface area contributed by atoms with E-state index in [1.54, 1.807) is 18.3 Å². The van der Waals surface area contributed by atoms with Crippen LogP contribution < -0.4 is 4.35 Å². The molecule has 3 nitrogen and oxygen atoms in total. The van der Waals surface area contributed by atoms with Crippen LogP contribution in [0.2, 0.25) is 4.71 Å². The van der Waals surface area contributed by atoms with E-state index in [1.165, 1.54) is 12.1 Å². The van der Waals surface area contributed by atoms with Crippen molar-refractivity contribution in [2.45, 2.75) is 42.5 Å². The van der Waals surface area contributed by atoms with Gasteiger partial charge in [0.1, 0.15) is 0 Å². The van der Waals surface area contributed by atoms with E-state index >= 15 is 0 Å². The van der Waals surface area contributed by atoms with Gasteiger partial charge >= 0.3 is 145 Å². The normalized spacial score (nSPS) is 21.9. The van der Waals surface area contributed by atoms with E-state index in [-0.39, 0.29) is 21.3 Å². The predicted octanol–water partition coefficient (Wildman–Crippen LogP) is 3.78. The summed E-state index contributed by atoms with van der Waals surface area (Å²) in [5.74, 6) is 1.35. The fourth-order valence-electron chi connectivity index (χ4n) is 3.19. The van der Waals surface area contributed by atoms with Crippen LogP contribution in [-0.2, 0) is 6.18 Å². The van der Waals surface area contributed by atoms with Crippen LogP contribution in [0.15, 0.2) is 30.6 Å². The van der Waals surface area contributed by atoms with Crippen LogP contribution in [0.4, 0.5) is 13.2 Å². The Labute approximate surface area is 145 Å². The number of nitriles is 1. The molecule has 1 N–H and O–H groups in total. The van der Waals surface area contributed by atoms with Gasteiger partial charge < -0.3 is 0 Å².